The Hall–Kier alpha value is -2.47. The number of nitrogen functional groups attached to an aromatic ring is 1. The van der Waals surface area contributed by atoms with Crippen LogP contribution in [0, 0.1) is 13.8 Å². The lowest BCUT2D eigenvalue weighted by Crippen LogP contribution is -2.13. The van der Waals surface area contributed by atoms with Crippen LogP contribution in [-0.2, 0) is 6.54 Å². The molecule has 6 heteroatoms. The number of hydrazine groups is 1. The van der Waals surface area contributed by atoms with Gasteiger partial charge in [0, 0.05) is 11.8 Å². The van der Waals surface area contributed by atoms with Crippen molar-refractivity contribution < 1.29 is 0 Å². The minimum atomic E-state index is 0.572. The quantitative estimate of drug-likeness (QED) is 0.559. The minimum Gasteiger partial charge on any atom is -0.320 e. The zero-order chi connectivity index (χ0) is 14.1. The third-order valence-electron chi connectivity index (χ3n) is 3.19. The van der Waals surface area contributed by atoms with Crippen LogP contribution < -0.4 is 11.3 Å². The van der Waals surface area contributed by atoms with E-state index in [-0.39, 0.29) is 0 Å². The molecular weight excluding hydrogens is 252 g/mol. The minimum absolute atomic E-state index is 0.572. The highest BCUT2D eigenvalue weighted by Crippen LogP contribution is 2.17. The lowest BCUT2D eigenvalue weighted by atomic mass is 10.3. The molecular formula is C14H16N6. The van der Waals surface area contributed by atoms with Gasteiger partial charge in [-0.3, -0.25) is 0 Å². The summed E-state index contributed by atoms with van der Waals surface area (Å²) >= 11 is 0. The van der Waals surface area contributed by atoms with Crippen LogP contribution >= 0.6 is 0 Å². The van der Waals surface area contributed by atoms with E-state index >= 15 is 0 Å². The van der Waals surface area contributed by atoms with Crippen molar-refractivity contribution in [3.05, 3.63) is 47.7 Å². The number of fused-ring (bicyclic) bond motifs is 1. The molecule has 0 atom stereocenters. The van der Waals surface area contributed by atoms with Gasteiger partial charge in [0.15, 0.2) is 5.82 Å². The van der Waals surface area contributed by atoms with Crippen LogP contribution in [0.15, 0.2) is 30.3 Å². The maximum absolute atomic E-state index is 5.42. The van der Waals surface area contributed by atoms with Gasteiger partial charge >= 0.3 is 0 Å². The Balaban J connectivity index is 2.05. The summed E-state index contributed by atoms with van der Waals surface area (Å²) in [4.78, 5) is 13.4. The Kier molecular flexibility index (Phi) is 3.08. The highest BCUT2D eigenvalue weighted by Gasteiger charge is 2.09. The zero-order valence-corrected chi connectivity index (χ0v) is 11.5. The molecule has 0 bridgehead atoms. The Morgan fingerprint density at radius 3 is 2.75 bits per heavy atom. The number of rotatable bonds is 3. The Morgan fingerprint density at radius 1 is 1.15 bits per heavy atom. The molecule has 0 aliphatic heterocycles. The van der Waals surface area contributed by atoms with Gasteiger partial charge in [-0.2, -0.15) is 0 Å². The molecule has 0 radical (unpaired) electrons. The van der Waals surface area contributed by atoms with E-state index in [9.17, 15) is 0 Å². The smallest absolute Gasteiger partial charge is 0.150 e. The number of nitrogens with one attached hydrogen (secondary N) is 1. The number of nitrogens with zero attached hydrogens (tertiary/aromatic N) is 4. The summed E-state index contributed by atoms with van der Waals surface area (Å²) in [5, 5.41) is 0. The number of nitrogens with two attached hydrogens (primary N) is 1. The van der Waals surface area contributed by atoms with Crippen molar-refractivity contribution in [2.24, 2.45) is 5.84 Å². The number of imidazole rings is 1. The first-order valence-corrected chi connectivity index (χ1v) is 6.40. The van der Waals surface area contributed by atoms with E-state index in [0.29, 0.717) is 18.2 Å². The fourth-order valence-corrected chi connectivity index (χ4v) is 2.31. The molecule has 3 rings (SSSR count). The largest absolute Gasteiger partial charge is 0.320 e. The summed E-state index contributed by atoms with van der Waals surface area (Å²) in [6.45, 7) is 4.48. The van der Waals surface area contributed by atoms with Crippen LogP contribution in [0.5, 0.6) is 0 Å². The van der Waals surface area contributed by atoms with Gasteiger partial charge in [0.05, 0.1) is 17.6 Å². The van der Waals surface area contributed by atoms with Crippen molar-refractivity contribution >= 4 is 16.9 Å². The van der Waals surface area contributed by atoms with Gasteiger partial charge in [0.25, 0.3) is 0 Å². The topological polar surface area (TPSA) is 81.6 Å². The van der Waals surface area contributed by atoms with Crippen molar-refractivity contribution in [2.45, 2.75) is 20.4 Å². The van der Waals surface area contributed by atoms with Crippen molar-refractivity contribution in [1.82, 2.24) is 19.5 Å². The molecule has 0 saturated heterocycles. The van der Waals surface area contributed by atoms with E-state index in [0.717, 1.165) is 22.6 Å². The van der Waals surface area contributed by atoms with E-state index in [4.69, 9.17) is 5.84 Å². The summed E-state index contributed by atoms with van der Waals surface area (Å²) in [6.07, 6.45) is 0. The predicted octanol–water partition coefficient (Wildman–Crippen LogP) is 1.78. The molecule has 20 heavy (non-hydrogen) atoms. The van der Waals surface area contributed by atoms with Gasteiger partial charge in [0.1, 0.15) is 11.6 Å². The fraction of sp³-hybridized carbons (Fsp3) is 0.214. The highest BCUT2D eigenvalue weighted by atomic mass is 15.3. The third kappa shape index (κ3) is 2.21. The van der Waals surface area contributed by atoms with Gasteiger partial charge < -0.3 is 9.99 Å². The molecule has 0 spiro atoms. The molecule has 102 valence electrons. The third-order valence-corrected chi connectivity index (χ3v) is 3.19. The number of aromatic nitrogens is 4. The summed E-state index contributed by atoms with van der Waals surface area (Å²) < 4.78 is 2.10. The van der Waals surface area contributed by atoms with E-state index in [1.165, 1.54) is 0 Å². The van der Waals surface area contributed by atoms with Gasteiger partial charge in [0.2, 0.25) is 0 Å². The molecule has 0 aliphatic carbocycles. The first kappa shape index (κ1) is 12.6. The normalized spacial score (nSPS) is 10.9. The van der Waals surface area contributed by atoms with Crippen molar-refractivity contribution in [3.63, 3.8) is 0 Å². The fourth-order valence-electron chi connectivity index (χ4n) is 2.31. The summed E-state index contributed by atoms with van der Waals surface area (Å²) in [5.74, 6) is 7.70. The van der Waals surface area contributed by atoms with Crippen LogP contribution in [-0.4, -0.2) is 19.5 Å². The maximum Gasteiger partial charge on any atom is 0.150 e. The van der Waals surface area contributed by atoms with Crippen molar-refractivity contribution in [2.75, 3.05) is 5.43 Å². The van der Waals surface area contributed by atoms with Crippen LogP contribution in [0.1, 0.15) is 17.3 Å². The molecule has 3 N–H and O–H groups in total. The monoisotopic (exact) mass is 268 g/mol. The Bertz CT molecular complexity index is 761. The van der Waals surface area contributed by atoms with Gasteiger partial charge in [-0.05, 0) is 26.0 Å². The second kappa shape index (κ2) is 4.90. The molecule has 3 aromatic rings. The lowest BCUT2D eigenvalue weighted by Gasteiger charge is -2.08. The number of para-hydroxylation sites is 2. The molecule has 2 aromatic heterocycles. The van der Waals surface area contributed by atoms with Crippen LogP contribution in [0.4, 0.5) is 5.82 Å². The lowest BCUT2D eigenvalue weighted by molar-refractivity contribution is 0.733. The van der Waals surface area contributed by atoms with E-state index in [1.807, 2.05) is 44.2 Å². The second-order valence-corrected chi connectivity index (χ2v) is 4.69. The SMILES string of the molecule is Cc1cc(NN)nc(Cn2c(C)nc3ccccc32)n1. The summed E-state index contributed by atoms with van der Waals surface area (Å²) in [6, 6.07) is 9.85. The van der Waals surface area contributed by atoms with Gasteiger partial charge in [-0.1, -0.05) is 12.1 Å². The number of benzene rings is 1. The first-order valence-electron chi connectivity index (χ1n) is 6.40. The standard InChI is InChI=1S/C14H16N6/c1-9-7-13(19-15)18-14(16-9)8-20-10(2)17-11-5-3-4-6-12(11)20/h3-7H,8,15H2,1-2H3,(H,16,18,19). The Morgan fingerprint density at radius 2 is 1.95 bits per heavy atom. The molecule has 6 nitrogen and oxygen atoms in total. The zero-order valence-electron chi connectivity index (χ0n) is 11.5. The Labute approximate surface area is 116 Å². The molecule has 2 heterocycles. The van der Waals surface area contributed by atoms with Gasteiger partial charge in [-0.25, -0.2) is 20.8 Å². The van der Waals surface area contributed by atoms with E-state index in [1.54, 1.807) is 0 Å². The van der Waals surface area contributed by atoms with Crippen molar-refractivity contribution in [3.8, 4) is 0 Å². The highest BCUT2D eigenvalue weighted by molar-refractivity contribution is 5.75. The number of aryl methyl sites for hydroxylation is 2. The van der Waals surface area contributed by atoms with Gasteiger partial charge in [-0.15, -0.1) is 0 Å². The molecule has 1 aromatic carbocycles. The molecule has 0 aliphatic rings. The number of hydrogen-bond donors (Lipinski definition) is 2. The summed E-state index contributed by atoms with van der Waals surface area (Å²) in [5.41, 5.74) is 5.51. The van der Waals surface area contributed by atoms with Crippen LogP contribution in [0.3, 0.4) is 0 Å². The molecule has 0 fully saturated rings. The number of anilines is 1. The van der Waals surface area contributed by atoms with Crippen LogP contribution in [0.25, 0.3) is 11.0 Å². The molecule has 0 saturated carbocycles. The summed E-state index contributed by atoms with van der Waals surface area (Å²) in [7, 11) is 0. The molecule has 0 unspecified atom stereocenters. The predicted molar refractivity (Wildman–Crippen MR) is 78.2 cm³/mol. The number of hydrogen-bond acceptors (Lipinski definition) is 5. The van der Waals surface area contributed by atoms with E-state index in [2.05, 4.69) is 24.9 Å². The second-order valence-electron chi connectivity index (χ2n) is 4.69. The van der Waals surface area contributed by atoms with Crippen molar-refractivity contribution in [1.29, 1.82) is 0 Å². The van der Waals surface area contributed by atoms with Crippen LogP contribution in [0.2, 0.25) is 0 Å². The average molecular weight is 268 g/mol. The van der Waals surface area contributed by atoms with E-state index < -0.39 is 0 Å². The average Bonchev–Trinajstić information content (AvgIpc) is 2.75. The first-order chi connectivity index (χ1) is 9.67. The molecule has 0 amide bonds. The maximum atomic E-state index is 5.42.